The maximum absolute atomic E-state index is 12.4. The Morgan fingerprint density at radius 1 is 0.862 bits per heavy atom. The maximum atomic E-state index is 12.4. The van der Waals surface area contributed by atoms with E-state index in [0.717, 1.165) is 5.56 Å². The standard InChI is InChI=1S/C22H27N3O4/c1-16(2)19(25-22(28)29-15-17-9-5-3-6-10-17)21(27)24-14-13-23-20(26)18-11-7-4-8-12-18/h3-12,16,19H,13-15H2,1-2H3,(H,23,26)(H,24,27)(H,25,28)/t19-/m0/s1. The van der Waals surface area contributed by atoms with Crippen molar-refractivity contribution >= 4 is 17.9 Å². The third kappa shape index (κ3) is 7.65. The molecule has 2 aromatic rings. The van der Waals surface area contributed by atoms with E-state index in [9.17, 15) is 14.4 Å². The molecule has 3 amide bonds. The number of ether oxygens (including phenoxy) is 1. The van der Waals surface area contributed by atoms with Crippen molar-refractivity contribution in [2.75, 3.05) is 13.1 Å². The van der Waals surface area contributed by atoms with Crippen LogP contribution in [0.5, 0.6) is 0 Å². The second kappa shape index (κ2) is 11.5. The molecule has 2 aromatic carbocycles. The van der Waals surface area contributed by atoms with Gasteiger partial charge in [0.1, 0.15) is 12.6 Å². The molecule has 0 bridgehead atoms. The van der Waals surface area contributed by atoms with Gasteiger partial charge in [-0.25, -0.2) is 4.79 Å². The van der Waals surface area contributed by atoms with E-state index in [2.05, 4.69) is 16.0 Å². The van der Waals surface area contributed by atoms with Crippen molar-refractivity contribution < 1.29 is 19.1 Å². The van der Waals surface area contributed by atoms with E-state index >= 15 is 0 Å². The van der Waals surface area contributed by atoms with Gasteiger partial charge < -0.3 is 20.7 Å². The van der Waals surface area contributed by atoms with Crippen LogP contribution in [0.3, 0.4) is 0 Å². The lowest BCUT2D eigenvalue weighted by Gasteiger charge is -2.21. The normalized spacial score (nSPS) is 11.4. The smallest absolute Gasteiger partial charge is 0.408 e. The Morgan fingerprint density at radius 3 is 2.07 bits per heavy atom. The third-order valence-electron chi connectivity index (χ3n) is 4.18. The Morgan fingerprint density at radius 2 is 1.45 bits per heavy atom. The zero-order valence-corrected chi connectivity index (χ0v) is 16.7. The van der Waals surface area contributed by atoms with Crippen LogP contribution in [-0.2, 0) is 16.1 Å². The number of carbonyl (C=O) groups excluding carboxylic acids is 3. The molecule has 0 aromatic heterocycles. The lowest BCUT2D eigenvalue weighted by molar-refractivity contribution is -0.124. The highest BCUT2D eigenvalue weighted by atomic mass is 16.5. The Labute approximate surface area is 170 Å². The quantitative estimate of drug-likeness (QED) is 0.567. The van der Waals surface area contributed by atoms with E-state index in [4.69, 9.17) is 4.74 Å². The van der Waals surface area contributed by atoms with Gasteiger partial charge in [-0.3, -0.25) is 9.59 Å². The van der Waals surface area contributed by atoms with E-state index in [0.29, 0.717) is 5.56 Å². The number of amides is 3. The van der Waals surface area contributed by atoms with Crippen molar-refractivity contribution in [1.29, 1.82) is 0 Å². The van der Waals surface area contributed by atoms with Crippen LogP contribution < -0.4 is 16.0 Å². The lowest BCUT2D eigenvalue weighted by atomic mass is 10.0. The summed E-state index contributed by atoms with van der Waals surface area (Å²) < 4.78 is 5.18. The molecule has 0 spiro atoms. The fraction of sp³-hybridized carbons (Fsp3) is 0.318. The Balaban J connectivity index is 1.73. The molecule has 0 fully saturated rings. The molecule has 0 saturated heterocycles. The summed E-state index contributed by atoms with van der Waals surface area (Å²) in [5, 5.41) is 8.06. The minimum atomic E-state index is -0.733. The first-order valence-corrected chi connectivity index (χ1v) is 9.55. The number of alkyl carbamates (subject to hydrolysis) is 1. The minimum Gasteiger partial charge on any atom is -0.445 e. The zero-order valence-electron chi connectivity index (χ0n) is 16.7. The van der Waals surface area contributed by atoms with Crippen LogP contribution in [0, 0.1) is 5.92 Å². The van der Waals surface area contributed by atoms with Crippen molar-refractivity contribution in [3.05, 3.63) is 71.8 Å². The van der Waals surface area contributed by atoms with E-state index in [1.165, 1.54) is 0 Å². The second-order valence-electron chi connectivity index (χ2n) is 6.84. The third-order valence-corrected chi connectivity index (χ3v) is 4.18. The number of benzene rings is 2. The molecule has 0 saturated carbocycles. The van der Waals surface area contributed by atoms with Crippen LogP contribution in [0.25, 0.3) is 0 Å². The summed E-state index contributed by atoms with van der Waals surface area (Å²) in [6.07, 6.45) is -0.653. The first-order valence-electron chi connectivity index (χ1n) is 9.55. The van der Waals surface area contributed by atoms with E-state index in [-0.39, 0.29) is 37.4 Å². The summed E-state index contributed by atoms with van der Waals surface area (Å²) in [5.74, 6) is -0.660. The van der Waals surface area contributed by atoms with Crippen molar-refractivity contribution in [1.82, 2.24) is 16.0 Å². The molecular formula is C22H27N3O4. The van der Waals surface area contributed by atoms with Crippen molar-refractivity contribution in [3.63, 3.8) is 0 Å². The molecule has 0 heterocycles. The number of hydrogen-bond acceptors (Lipinski definition) is 4. The van der Waals surface area contributed by atoms with E-state index in [1.807, 2.05) is 50.2 Å². The van der Waals surface area contributed by atoms with Crippen LogP contribution in [0.15, 0.2) is 60.7 Å². The molecule has 0 radical (unpaired) electrons. The van der Waals surface area contributed by atoms with Gasteiger partial charge in [0.15, 0.2) is 0 Å². The summed E-state index contributed by atoms with van der Waals surface area (Å²) in [6.45, 7) is 4.33. The van der Waals surface area contributed by atoms with Gasteiger partial charge in [0.25, 0.3) is 5.91 Å². The highest BCUT2D eigenvalue weighted by molar-refractivity contribution is 5.94. The van der Waals surface area contributed by atoms with Gasteiger partial charge in [-0.2, -0.15) is 0 Å². The van der Waals surface area contributed by atoms with Gasteiger partial charge in [0.05, 0.1) is 0 Å². The number of carbonyl (C=O) groups is 3. The Bertz CT molecular complexity index is 794. The van der Waals surface area contributed by atoms with Gasteiger partial charge in [-0.15, -0.1) is 0 Å². The van der Waals surface area contributed by atoms with Crippen molar-refractivity contribution in [3.8, 4) is 0 Å². The Kier molecular flexibility index (Phi) is 8.69. The predicted octanol–water partition coefficient (Wildman–Crippen LogP) is 2.48. The summed E-state index contributed by atoms with van der Waals surface area (Å²) in [5.41, 5.74) is 1.42. The minimum absolute atomic E-state index is 0.127. The highest BCUT2D eigenvalue weighted by Gasteiger charge is 2.24. The van der Waals surface area contributed by atoms with Crippen LogP contribution in [0.2, 0.25) is 0 Å². The fourth-order valence-electron chi connectivity index (χ4n) is 2.59. The van der Waals surface area contributed by atoms with E-state index in [1.54, 1.807) is 24.3 Å². The molecular weight excluding hydrogens is 370 g/mol. The van der Waals surface area contributed by atoms with Crippen molar-refractivity contribution in [2.45, 2.75) is 26.5 Å². The van der Waals surface area contributed by atoms with Gasteiger partial charge in [-0.05, 0) is 23.6 Å². The second-order valence-corrected chi connectivity index (χ2v) is 6.84. The average molecular weight is 397 g/mol. The number of hydrogen-bond donors (Lipinski definition) is 3. The van der Waals surface area contributed by atoms with Gasteiger partial charge in [0, 0.05) is 18.7 Å². The number of rotatable bonds is 9. The molecule has 3 N–H and O–H groups in total. The largest absolute Gasteiger partial charge is 0.445 e. The molecule has 7 nitrogen and oxygen atoms in total. The van der Waals surface area contributed by atoms with E-state index < -0.39 is 12.1 Å². The Hall–Kier alpha value is -3.35. The number of nitrogens with one attached hydrogen (secondary N) is 3. The molecule has 1 atom stereocenters. The molecule has 0 aliphatic carbocycles. The van der Waals surface area contributed by atoms with Crippen LogP contribution in [-0.4, -0.2) is 37.0 Å². The summed E-state index contributed by atoms with van der Waals surface area (Å²) in [6, 6.07) is 17.4. The topological polar surface area (TPSA) is 96.5 Å². The molecule has 154 valence electrons. The molecule has 0 unspecified atom stereocenters. The molecule has 2 rings (SSSR count). The summed E-state index contributed by atoms with van der Waals surface area (Å²) in [7, 11) is 0. The van der Waals surface area contributed by atoms with Gasteiger partial charge in [0.2, 0.25) is 5.91 Å². The monoisotopic (exact) mass is 397 g/mol. The SMILES string of the molecule is CC(C)[C@H](NC(=O)OCc1ccccc1)C(=O)NCCNC(=O)c1ccccc1. The van der Waals surface area contributed by atoms with Gasteiger partial charge in [-0.1, -0.05) is 62.4 Å². The predicted molar refractivity (Wildman–Crippen MR) is 110 cm³/mol. The maximum Gasteiger partial charge on any atom is 0.408 e. The van der Waals surface area contributed by atoms with Gasteiger partial charge >= 0.3 is 6.09 Å². The summed E-state index contributed by atoms with van der Waals surface area (Å²) >= 11 is 0. The van der Waals surface area contributed by atoms with Crippen molar-refractivity contribution in [2.24, 2.45) is 5.92 Å². The fourth-order valence-corrected chi connectivity index (χ4v) is 2.59. The van der Waals surface area contributed by atoms with Crippen LogP contribution >= 0.6 is 0 Å². The average Bonchev–Trinajstić information content (AvgIpc) is 2.74. The first kappa shape index (κ1) is 21.9. The lowest BCUT2D eigenvalue weighted by Crippen LogP contribution is -2.50. The highest BCUT2D eigenvalue weighted by Crippen LogP contribution is 2.04. The molecule has 7 heteroatoms. The van der Waals surface area contributed by atoms with Crippen LogP contribution in [0.1, 0.15) is 29.8 Å². The molecule has 0 aliphatic heterocycles. The molecule has 29 heavy (non-hydrogen) atoms. The first-order chi connectivity index (χ1) is 14.0. The van der Waals surface area contributed by atoms with Crippen LogP contribution in [0.4, 0.5) is 4.79 Å². The molecule has 0 aliphatic rings. The zero-order chi connectivity index (χ0) is 21.1. The summed E-state index contributed by atoms with van der Waals surface area (Å²) in [4.78, 5) is 36.4.